The van der Waals surface area contributed by atoms with Gasteiger partial charge in [0.25, 0.3) is 5.91 Å². The van der Waals surface area contributed by atoms with Gasteiger partial charge < -0.3 is 10.4 Å². The highest BCUT2D eigenvalue weighted by Gasteiger charge is 2.21. The number of hydrogen-bond donors (Lipinski definition) is 2. The number of nitrogens with one attached hydrogen (secondary N) is 1. The van der Waals surface area contributed by atoms with Crippen LogP contribution in [0, 0.1) is 13.8 Å². The average molecular weight is 304 g/mol. The first-order valence-corrected chi connectivity index (χ1v) is 6.68. The molecule has 0 atom stereocenters. The van der Waals surface area contributed by atoms with Gasteiger partial charge in [-0.2, -0.15) is 0 Å². The molecule has 21 heavy (non-hydrogen) atoms. The smallest absolute Gasteiger partial charge is 0.336 e. The summed E-state index contributed by atoms with van der Waals surface area (Å²) in [4.78, 5) is 23.8. The van der Waals surface area contributed by atoms with Crippen molar-refractivity contribution in [1.82, 2.24) is 0 Å². The molecule has 5 heteroatoms. The van der Waals surface area contributed by atoms with Crippen molar-refractivity contribution in [2.24, 2.45) is 0 Å². The molecule has 0 aliphatic rings. The van der Waals surface area contributed by atoms with Crippen molar-refractivity contribution in [2.45, 2.75) is 13.8 Å². The number of halogens is 1. The fourth-order valence-electron chi connectivity index (χ4n) is 2.11. The van der Waals surface area contributed by atoms with Crippen LogP contribution >= 0.6 is 11.6 Å². The minimum atomic E-state index is -1.11. The molecule has 2 aromatic rings. The summed E-state index contributed by atoms with van der Waals surface area (Å²) in [7, 11) is 0. The van der Waals surface area contributed by atoms with Crippen LogP contribution in [0.2, 0.25) is 5.02 Å². The SMILES string of the molecule is Cc1ccc(C)c(C(=O)Nc2ccc(Cl)cc2)c1C(=O)O. The van der Waals surface area contributed by atoms with Gasteiger partial charge in [0, 0.05) is 10.7 Å². The molecule has 4 nitrogen and oxygen atoms in total. The maximum absolute atomic E-state index is 12.4. The Bertz CT molecular complexity index is 708. The summed E-state index contributed by atoms with van der Waals surface area (Å²) in [6.07, 6.45) is 0. The molecule has 0 saturated carbocycles. The van der Waals surface area contributed by atoms with Crippen molar-refractivity contribution >= 4 is 29.2 Å². The Labute approximate surface area is 127 Å². The van der Waals surface area contributed by atoms with Crippen LogP contribution in [-0.2, 0) is 0 Å². The highest BCUT2D eigenvalue weighted by Crippen LogP contribution is 2.21. The number of anilines is 1. The molecule has 1 amide bonds. The van der Waals surface area contributed by atoms with Gasteiger partial charge in [0.2, 0.25) is 0 Å². The van der Waals surface area contributed by atoms with E-state index in [2.05, 4.69) is 5.32 Å². The Morgan fingerprint density at radius 2 is 1.48 bits per heavy atom. The van der Waals surface area contributed by atoms with Crippen LogP contribution in [0.4, 0.5) is 5.69 Å². The second-order valence-corrected chi connectivity index (χ2v) is 5.15. The van der Waals surface area contributed by atoms with Gasteiger partial charge in [0.15, 0.2) is 0 Å². The molecule has 0 aliphatic heterocycles. The second kappa shape index (κ2) is 5.97. The van der Waals surface area contributed by atoms with E-state index >= 15 is 0 Å². The Kier molecular flexibility index (Phi) is 4.29. The fraction of sp³-hybridized carbons (Fsp3) is 0.125. The molecular weight excluding hydrogens is 290 g/mol. The predicted octanol–water partition coefficient (Wildman–Crippen LogP) is 3.91. The van der Waals surface area contributed by atoms with Crippen LogP contribution in [-0.4, -0.2) is 17.0 Å². The summed E-state index contributed by atoms with van der Waals surface area (Å²) in [5.74, 6) is -1.56. The van der Waals surface area contributed by atoms with E-state index in [1.54, 1.807) is 50.2 Å². The Morgan fingerprint density at radius 1 is 0.952 bits per heavy atom. The van der Waals surface area contributed by atoms with Crippen LogP contribution in [0.3, 0.4) is 0 Å². The number of hydrogen-bond acceptors (Lipinski definition) is 2. The molecule has 0 fully saturated rings. The second-order valence-electron chi connectivity index (χ2n) is 4.72. The maximum Gasteiger partial charge on any atom is 0.336 e. The maximum atomic E-state index is 12.4. The van der Waals surface area contributed by atoms with Crippen LogP contribution in [0.5, 0.6) is 0 Å². The topological polar surface area (TPSA) is 66.4 Å². The number of aryl methyl sites for hydroxylation is 2. The van der Waals surface area contributed by atoms with E-state index < -0.39 is 11.9 Å². The number of carboxylic acid groups (broad SMARTS) is 1. The van der Waals surface area contributed by atoms with Crippen molar-refractivity contribution in [3.05, 3.63) is 63.7 Å². The zero-order valence-electron chi connectivity index (χ0n) is 11.6. The van der Waals surface area contributed by atoms with Gasteiger partial charge in [-0.05, 0) is 49.2 Å². The van der Waals surface area contributed by atoms with E-state index in [9.17, 15) is 14.7 Å². The van der Waals surface area contributed by atoms with Crippen molar-refractivity contribution < 1.29 is 14.7 Å². The molecule has 2 rings (SSSR count). The highest BCUT2D eigenvalue weighted by atomic mass is 35.5. The van der Waals surface area contributed by atoms with E-state index in [4.69, 9.17) is 11.6 Å². The normalized spacial score (nSPS) is 10.2. The number of carbonyl (C=O) groups is 2. The molecule has 0 bridgehead atoms. The lowest BCUT2D eigenvalue weighted by Crippen LogP contribution is -2.19. The van der Waals surface area contributed by atoms with Gasteiger partial charge >= 0.3 is 5.97 Å². The standard InChI is InChI=1S/C16H14ClNO3/c1-9-3-4-10(2)14(16(20)21)13(9)15(19)18-12-7-5-11(17)6-8-12/h3-8H,1-2H3,(H,18,19)(H,20,21). The first-order valence-electron chi connectivity index (χ1n) is 6.30. The highest BCUT2D eigenvalue weighted by molar-refractivity contribution is 6.30. The van der Waals surface area contributed by atoms with Gasteiger partial charge in [-0.15, -0.1) is 0 Å². The summed E-state index contributed by atoms with van der Waals surface area (Å²) < 4.78 is 0. The van der Waals surface area contributed by atoms with E-state index in [1.165, 1.54) is 0 Å². The summed E-state index contributed by atoms with van der Waals surface area (Å²) in [5, 5.41) is 12.6. The largest absolute Gasteiger partial charge is 0.478 e. The fourth-order valence-corrected chi connectivity index (χ4v) is 2.23. The zero-order valence-corrected chi connectivity index (χ0v) is 12.4. The molecule has 0 spiro atoms. The van der Waals surface area contributed by atoms with E-state index in [1.807, 2.05) is 0 Å². The minimum Gasteiger partial charge on any atom is -0.478 e. The lowest BCUT2D eigenvalue weighted by atomic mass is 9.96. The zero-order chi connectivity index (χ0) is 15.6. The van der Waals surface area contributed by atoms with Crippen molar-refractivity contribution in [3.8, 4) is 0 Å². The molecule has 0 saturated heterocycles. The predicted molar refractivity (Wildman–Crippen MR) is 82.3 cm³/mol. The molecule has 0 heterocycles. The number of aromatic carboxylic acids is 1. The third-order valence-electron chi connectivity index (χ3n) is 3.17. The third-order valence-corrected chi connectivity index (χ3v) is 3.42. The van der Waals surface area contributed by atoms with E-state index in [0.717, 1.165) is 0 Å². The Balaban J connectivity index is 2.41. The molecular formula is C16H14ClNO3. The molecule has 0 radical (unpaired) electrons. The van der Waals surface area contributed by atoms with Crippen LogP contribution in [0.1, 0.15) is 31.8 Å². The number of benzene rings is 2. The molecule has 108 valence electrons. The lowest BCUT2D eigenvalue weighted by molar-refractivity contribution is 0.0691. The van der Waals surface area contributed by atoms with E-state index in [0.29, 0.717) is 21.8 Å². The van der Waals surface area contributed by atoms with Gasteiger partial charge in [-0.3, -0.25) is 4.79 Å². The Hall–Kier alpha value is -2.33. The first-order chi connectivity index (χ1) is 9.90. The molecule has 0 aromatic heterocycles. The third kappa shape index (κ3) is 3.23. The molecule has 0 unspecified atom stereocenters. The van der Waals surface area contributed by atoms with Gasteiger partial charge in [0.1, 0.15) is 0 Å². The molecule has 2 N–H and O–H groups in total. The first kappa shape index (κ1) is 15.1. The number of amides is 1. The van der Waals surface area contributed by atoms with Crippen molar-refractivity contribution in [3.63, 3.8) is 0 Å². The van der Waals surface area contributed by atoms with Gasteiger partial charge in [-0.25, -0.2) is 4.79 Å². The minimum absolute atomic E-state index is 0.0291. The Morgan fingerprint density at radius 3 is 2.00 bits per heavy atom. The lowest BCUT2D eigenvalue weighted by Gasteiger charge is -2.12. The number of rotatable bonds is 3. The van der Waals surface area contributed by atoms with Gasteiger partial charge in [0.05, 0.1) is 11.1 Å². The van der Waals surface area contributed by atoms with Crippen LogP contribution in [0.25, 0.3) is 0 Å². The van der Waals surface area contributed by atoms with E-state index in [-0.39, 0.29) is 11.1 Å². The molecule has 0 aliphatic carbocycles. The number of carboxylic acids is 1. The summed E-state index contributed by atoms with van der Waals surface area (Å²) in [5.41, 5.74) is 1.93. The van der Waals surface area contributed by atoms with Gasteiger partial charge in [-0.1, -0.05) is 23.7 Å². The van der Waals surface area contributed by atoms with Crippen LogP contribution in [0.15, 0.2) is 36.4 Å². The molecule has 2 aromatic carbocycles. The van der Waals surface area contributed by atoms with Crippen molar-refractivity contribution in [2.75, 3.05) is 5.32 Å². The summed E-state index contributed by atoms with van der Waals surface area (Å²) in [6, 6.07) is 10.0. The average Bonchev–Trinajstić information content (AvgIpc) is 2.43. The number of carbonyl (C=O) groups excluding carboxylic acids is 1. The quantitative estimate of drug-likeness (QED) is 0.903. The summed E-state index contributed by atoms with van der Waals surface area (Å²) >= 11 is 5.79. The van der Waals surface area contributed by atoms with Crippen LogP contribution < -0.4 is 5.32 Å². The monoisotopic (exact) mass is 303 g/mol. The summed E-state index contributed by atoms with van der Waals surface area (Å²) in [6.45, 7) is 3.38. The van der Waals surface area contributed by atoms with Crippen molar-refractivity contribution in [1.29, 1.82) is 0 Å².